The fourth-order valence-corrected chi connectivity index (χ4v) is 2.46. The van der Waals surface area contributed by atoms with Crippen LogP contribution in [0.2, 0.25) is 0 Å². The van der Waals surface area contributed by atoms with Gasteiger partial charge in [0.15, 0.2) is 0 Å². The third-order valence-corrected chi connectivity index (χ3v) is 3.52. The Morgan fingerprint density at radius 3 is 2.88 bits per heavy atom. The van der Waals surface area contributed by atoms with Crippen LogP contribution in [0.1, 0.15) is 31.1 Å². The highest BCUT2D eigenvalue weighted by Crippen LogP contribution is 2.35. The van der Waals surface area contributed by atoms with Crippen LogP contribution in [0, 0.1) is 5.82 Å². The van der Waals surface area contributed by atoms with Gasteiger partial charge >= 0.3 is 0 Å². The van der Waals surface area contributed by atoms with Gasteiger partial charge in [0.05, 0.1) is 16.9 Å². The molecule has 0 spiro atoms. The third-order valence-electron chi connectivity index (χ3n) is 3.28. The summed E-state index contributed by atoms with van der Waals surface area (Å²) >= 11 is 5.89. The number of fused-ring (bicyclic) bond motifs is 1. The average Bonchev–Trinajstić information content (AvgIpc) is 2.54. The molecule has 1 aliphatic rings. The lowest BCUT2D eigenvalue weighted by atomic mass is 9.92. The normalized spacial score (nSPS) is 16.6. The Morgan fingerprint density at radius 2 is 2.25 bits per heavy atom. The van der Waals surface area contributed by atoms with E-state index in [4.69, 9.17) is 11.6 Å². The van der Waals surface area contributed by atoms with Crippen molar-refractivity contribution in [2.45, 2.75) is 31.2 Å². The van der Waals surface area contributed by atoms with Crippen LogP contribution in [0.5, 0.6) is 0 Å². The first-order valence-corrected chi connectivity index (χ1v) is 6.05. The number of hydrogen-bond acceptors (Lipinski definition) is 1. The van der Waals surface area contributed by atoms with E-state index in [1.54, 1.807) is 6.07 Å². The molecule has 84 valence electrons. The van der Waals surface area contributed by atoms with Crippen molar-refractivity contribution >= 4 is 22.6 Å². The largest absolute Gasteiger partial charge is 0.324 e. The van der Waals surface area contributed by atoms with Crippen molar-refractivity contribution in [1.82, 2.24) is 9.55 Å². The van der Waals surface area contributed by atoms with E-state index < -0.39 is 0 Å². The number of halogens is 2. The van der Waals surface area contributed by atoms with E-state index in [1.807, 2.05) is 0 Å². The Bertz CT molecular complexity index is 531. The van der Waals surface area contributed by atoms with Crippen LogP contribution in [0.3, 0.4) is 0 Å². The molecule has 2 nitrogen and oxygen atoms in total. The molecule has 0 aliphatic heterocycles. The van der Waals surface area contributed by atoms with E-state index in [0.29, 0.717) is 17.4 Å². The smallest absolute Gasteiger partial charge is 0.125 e. The molecule has 4 heteroatoms. The first-order chi connectivity index (χ1) is 7.79. The van der Waals surface area contributed by atoms with Crippen LogP contribution >= 0.6 is 11.6 Å². The minimum Gasteiger partial charge on any atom is -0.324 e. The molecule has 3 rings (SSSR count). The minimum absolute atomic E-state index is 0.244. The van der Waals surface area contributed by atoms with E-state index in [0.717, 1.165) is 11.3 Å². The Morgan fingerprint density at radius 1 is 1.44 bits per heavy atom. The van der Waals surface area contributed by atoms with E-state index in [-0.39, 0.29) is 5.82 Å². The van der Waals surface area contributed by atoms with Crippen LogP contribution in [0.25, 0.3) is 11.0 Å². The van der Waals surface area contributed by atoms with Crippen molar-refractivity contribution in [3.05, 3.63) is 29.8 Å². The van der Waals surface area contributed by atoms with Crippen molar-refractivity contribution in [3.8, 4) is 0 Å². The molecule has 0 N–H and O–H groups in total. The van der Waals surface area contributed by atoms with Gasteiger partial charge in [-0.25, -0.2) is 9.37 Å². The summed E-state index contributed by atoms with van der Waals surface area (Å²) < 4.78 is 15.3. The quantitative estimate of drug-likeness (QED) is 0.731. The van der Waals surface area contributed by atoms with E-state index in [9.17, 15) is 4.39 Å². The Kier molecular flexibility index (Phi) is 2.36. The summed E-state index contributed by atoms with van der Waals surface area (Å²) in [6, 6.07) is 5.26. The van der Waals surface area contributed by atoms with Gasteiger partial charge in [-0.05, 0) is 31.4 Å². The van der Waals surface area contributed by atoms with Crippen molar-refractivity contribution in [1.29, 1.82) is 0 Å². The Hall–Kier alpha value is -1.09. The summed E-state index contributed by atoms with van der Waals surface area (Å²) in [5.41, 5.74) is 1.71. The SMILES string of the molecule is Fc1ccc2c(c1)nc(CCl)n2C1CCC1. The molecule has 1 aromatic carbocycles. The lowest BCUT2D eigenvalue weighted by Gasteiger charge is -2.28. The highest BCUT2D eigenvalue weighted by molar-refractivity contribution is 6.16. The van der Waals surface area contributed by atoms with Crippen LogP contribution in [-0.2, 0) is 5.88 Å². The summed E-state index contributed by atoms with van der Waals surface area (Å²) in [5.74, 6) is 0.992. The maximum Gasteiger partial charge on any atom is 0.125 e. The standard InChI is InChI=1S/C12H12ClFN2/c13-7-12-15-10-6-8(14)4-5-11(10)16(12)9-2-1-3-9/h4-6,9H,1-3,7H2. The number of hydrogen-bond donors (Lipinski definition) is 0. The highest BCUT2D eigenvalue weighted by Gasteiger charge is 2.24. The molecule has 2 aromatic rings. The topological polar surface area (TPSA) is 17.8 Å². The lowest BCUT2D eigenvalue weighted by Crippen LogP contribution is -2.18. The van der Waals surface area contributed by atoms with Crippen molar-refractivity contribution in [3.63, 3.8) is 0 Å². The lowest BCUT2D eigenvalue weighted by molar-refractivity contribution is 0.315. The number of nitrogens with zero attached hydrogens (tertiary/aromatic N) is 2. The molecule has 1 aromatic heterocycles. The van der Waals surface area contributed by atoms with E-state index >= 15 is 0 Å². The minimum atomic E-state index is -0.244. The maximum absolute atomic E-state index is 13.1. The summed E-state index contributed by atoms with van der Waals surface area (Å²) in [7, 11) is 0. The molecular formula is C12H12ClFN2. The predicted octanol–water partition coefficient (Wildman–Crippen LogP) is 3.64. The van der Waals surface area contributed by atoms with Gasteiger partial charge in [-0.2, -0.15) is 0 Å². The number of imidazole rings is 1. The van der Waals surface area contributed by atoms with Gasteiger partial charge in [0, 0.05) is 12.1 Å². The second kappa shape index (κ2) is 3.74. The third kappa shape index (κ3) is 1.42. The number of benzene rings is 1. The van der Waals surface area contributed by atoms with Crippen LogP contribution < -0.4 is 0 Å². The van der Waals surface area contributed by atoms with Gasteiger partial charge in [-0.3, -0.25) is 0 Å². The zero-order valence-electron chi connectivity index (χ0n) is 8.79. The number of aromatic nitrogens is 2. The van der Waals surface area contributed by atoms with Crippen LogP contribution in [0.4, 0.5) is 4.39 Å². The van der Waals surface area contributed by atoms with Crippen molar-refractivity contribution in [2.24, 2.45) is 0 Å². The summed E-state index contributed by atoms with van der Waals surface area (Å²) in [4.78, 5) is 4.39. The Labute approximate surface area is 98.0 Å². The second-order valence-electron chi connectivity index (χ2n) is 4.25. The molecule has 0 bridgehead atoms. The zero-order valence-corrected chi connectivity index (χ0v) is 9.54. The molecule has 0 radical (unpaired) electrons. The highest BCUT2D eigenvalue weighted by atomic mass is 35.5. The molecule has 0 atom stereocenters. The Balaban J connectivity index is 2.22. The molecule has 0 unspecified atom stereocenters. The molecule has 0 amide bonds. The zero-order chi connectivity index (χ0) is 11.1. The fourth-order valence-electron chi connectivity index (χ4n) is 2.27. The van der Waals surface area contributed by atoms with Gasteiger partial charge in [0.1, 0.15) is 11.6 Å². The van der Waals surface area contributed by atoms with Gasteiger partial charge in [0.2, 0.25) is 0 Å². The van der Waals surface area contributed by atoms with Gasteiger partial charge < -0.3 is 4.57 Å². The summed E-state index contributed by atoms with van der Waals surface area (Å²) in [6.07, 6.45) is 3.60. The monoisotopic (exact) mass is 238 g/mol. The molecule has 0 saturated heterocycles. The first-order valence-electron chi connectivity index (χ1n) is 5.52. The molecule has 1 fully saturated rings. The summed E-state index contributed by atoms with van der Waals surface area (Å²) in [6.45, 7) is 0. The fraction of sp³-hybridized carbons (Fsp3) is 0.417. The molecule has 1 saturated carbocycles. The van der Waals surface area contributed by atoms with E-state index in [2.05, 4.69) is 9.55 Å². The maximum atomic E-state index is 13.1. The molecular weight excluding hydrogens is 227 g/mol. The first kappa shape index (κ1) is 10.1. The van der Waals surface area contributed by atoms with Crippen molar-refractivity contribution < 1.29 is 4.39 Å². The van der Waals surface area contributed by atoms with Gasteiger partial charge in [0.25, 0.3) is 0 Å². The number of rotatable bonds is 2. The van der Waals surface area contributed by atoms with Gasteiger partial charge in [-0.15, -0.1) is 11.6 Å². The van der Waals surface area contributed by atoms with Crippen molar-refractivity contribution in [2.75, 3.05) is 0 Å². The second-order valence-corrected chi connectivity index (χ2v) is 4.52. The molecule has 1 aliphatic carbocycles. The predicted molar refractivity (Wildman–Crippen MR) is 62.1 cm³/mol. The van der Waals surface area contributed by atoms with Gasteiger partial charge in [-0.1, -0.05) is 0 Å². The number of alkyl halides is 1. The summed E-state index contributed by atoms with van der Waals surface area (Å²) in [5, 5.41) is 0. The molecule has 1 heterocycles. The van der Waals surface area contributed by atoms with Crippen LogP contribution in [0.15, 0.2) is 18.2 Å². The van der Waals surface area contributed by atoms with Crippen LogP contribution in [-0.4, -0.2) is 9.55 Å². The molecule has 16 heavy (non-hydrogen) atoms. The average molecular weight is 239 g/mol. The van der Waals surface area contributed by atoms with E-state index in [1.165, 1.54) is 31.4 Å².